The molecular weight excluding hydrogens is 142 g/mol. The highest BCUT2D eigenvalue weighted by atomic mass is 14.1. The van der Waals surface area contributed by atoms with Gasteiger partial charge in [-0.05, 0) is 18.4 Å². The normalized spacial score (nSPS) is 10.7. The number of hydrogen-bond donors (Lipinski definition) is 0. The molecule has 58 valence electrons. The number of hydrogen-bond acceptors (Lipinski definition) is 0. The third-order valence-corrected chi connectivity index (χ3v) is 2.21. The minimum atomic E-state index is 0.507. The lowest BCUT2D eigenvalue weighted by Gasteiger charge is -2.14. The molecule has 0 heterocycles. The second-order valence-electron chi connectivity index (χ2n) is 3.44. The second kappa shape index (κ2) is 3.38. The summed E-state index contributed by atoms with van der Waals surface area (Å²) in [6.45, 7) is 6.32. The zero-order chi connectivity index (χ0) is 9.30. The first-order valence-electron chi connectivity index (χ1n) is 4.18. The van der Waals surface area contributed by atoms with Gasteiger partial charge in [0.2, 0.25) is 0 Å². The highest BCUT2D eigenvalue weighted by molar-refractivity contribution is 6.49. The van der Waals surface area contributed by atoms with Crippen molar-refractivity contribution in [2.24, 2.45) is 0 Å². The Balaban J connectivity index is 3.27. The Morgan fingerprint density at radius 1 is 1.17 bits per heavy atom. The highest BCUT2D eigenvalue weighted by Gasteiger charge is 2.05. The van der Waals surface area contributed by atoms with E-state index in [0.717, 1.165) is 11.0 Å². The Labute approximate surface area is 77.2 Å². The predicted octanol–water partition coefficient (Wildman–Crippen LogP) is 0.706. The predicted molar refractivity (Wildman–Crippen MR) is 56.0 cm³/mol. The molecule has 0 bridgehead atoms. The van der Waals surface area contributed by atoms with Crippen LogP contribution in [-0.4, -0.2) is 15.7 Å². The Kier molecular flexibility index (Phi) is 2.66. The van der Waals surface area contributed by atoms with Crippen LogP contribution in [0.4, 0.5) is 0 Å². The van der Waals surface area contributed by atoms with Gasteiger partial charge in [0.25, 0.3) is 0 Å². The SMILES string of the molecule is [B]c1ccc(C(C)C)c(C)c1[B]. The summed E-state index contributed by atoms with van der Waals surface area (Å²) in [4.78, 5) is 0. The van der Waals surface area contributed by atoms with Crippen LogP contribution in [0, 0.1) is 6.92 Å². The van der Waals surface area contributed by atoms with Crippen molar-refractivity contribution in [2.75, 3.05) is 0 Å². The summed E-state index contributed by atoms with van der Waals surface area (Å²) in [5, 5.41) is 0. The smallest absolute Gasteiger partial charge is 0.103 e. The Morgan fingerprint density at radius 3 is 2.25 bits per heavy atom. The molecule has 0 nitrogen and oxygen atoms in total. The molecule has 1 aromatic carbocycles. The van der Waals surface area contributed by atoms with Gasteiger partial charge in [0.05, 0.1) is 0 Å². The summed E-state index contributed by atoms with van der Waals surface area (Å²) < 4.78 is 0. The van der Waals surface area contributed by atoms with Crippen LogP contribution < -0.4 is 10.9 Å². The van der Waals surface area contributed by atoms with Gasteiger partial charge >= 0.3 is 0 Å². The van der Waals surface area contributed by atoms with Crippen molar-refractivity contribution in [3.05, 3.63) is 23.3 Å². The first-order chi connectivity index (χ1) is 5.54. The fraction of sp³-hybridized carbons (Fsp3) is 0.400. The first kappa shape index (κ1) is 9.44. The van der Waals surface area contributed by atoms with E-state index in [2.05, 4.69) is 13.8 Å². The molecule has 0 amide bonds. The van der Waals surface area contributed by atoms with Crippen LogP contribution in [0.5, 0.6) is 0 Å². The van der Waals surface area contributed by atoms with Gasteiger partial charge in [-0.15, -0.1) is 10.9 Å². The summed E-state index contributed by atoms with van der Waals surface area (Å²) in [7, 11) is 11.5. The van der Waals surface area contributed by atoms with Gasteiger partial charge in [0.1, 0.15) is 15.7 Å². The molecule has 0 atom stereocenters. The Hall–Kier alpha value is -0.650. The van der Waals surface area contributed by atoms with Crippen LogP contribution in [0.15, 0.2) is 12.1 Å². The van der Waals surface area contributed by atoms with E-state index in [9.17, 15) is 0 Å². The van der Waals surface area contributed by atoms with Crippen LogP contribution in [0.2, 0.25) is 0 Å². The molecular formula is C10H12B2. The molecule has 0 aliphatic heterocycles. The van der Waals surface area contributed by atoms with Crippen molar-refractivity contribution in [3.63, 3.8) is 0 Å². The Bertz CT molecular complexity index is 290. The first-order valence-corrected chi connectivity index (χ1v) is 4.18. The molecule has 0 spiro atoms. The summed E-state index contributed by atoms with van der Waals surface area (Å²) in [6, 6.07) is 3.92. The molecule has 12 heavy (non-hydrogen) atoms. The highest BCUT2D eigenvalue weighted by Crippen LogP contribution is 2.15. The van der Waals surface area contributed by atoms with Crippen molar-refractivity contribution in [3.8, 4) is 0 Å². The topological polar surface area (TPSA) is 0 Å². The quantitative estimate of drug-likeness (QED) is 0.522. The summed E-state index contributed by atoms with van der Waals surface area (Å²) in [5.41, 5.74) is 3.80. The van der Waals surface area contributed by atoms with E-state index in [1.807, 2.05) is 19.1 Å². The van der Waals surface area contributed by atoms with E-state index in [-0.39, 0.29) is 0 Å². The van der Waals surface area contributed by atoms with Crippen molar-refractivity contribution in [2.45, 2.75) is 26.7 Å². The molecule has 0 N–H and O–H groups in total. The molecule has 1 aromatic rings. The third-order valence-electron chi connectivity index (χ3n) is 2.21. The molecule has 0 saturated carbocycles. The average Bonchev–Trinajstić information content (AvgIpc) is 2.00. The lowest BCUT2D eigenvalue weighted by Crippen LogP contribution is -2.29. The third kappa shape index (κ3) is 1.57. The Morgan fingerprint density at radius 2 is 1.75 bits per heavy atom. The van der Waals surface area contributed by atoms with E-state index in [4.69, 9.17) is 15.7 Å². The molecule has 0 aliphatic carbocycles. The largest absolute Gasteiger partial charge is 0.113 e. The molecule has 0 unspecified atom stereocenters. The summed E-state index contributed by atoms with van der Waals surface area (Å²) >= 11 is 0. The molecule has 0 aromatic heterocycles. The average molecular weight is 154 g/mol. The van der Waals surface area contributed by atoms with Gasteiger partial charge in [0.15, 0.2) is 0 Å². The summed E-state index contributed by atoms with van der Waals surface area (Å²) in [5.74, 6) is 0.507. The lowest BCUT2D eigenvalue weighted by molar-refractivity contribution is 0.859. The van der Waals surface area contributed by atoms with Crippen molar-refractivity contribution >= 4 is 26.6 Å². The van der Waals surface area contributed by atoms with E-state index in [1.165, 1.54) is 5.56 Å². The summed E-state index contributed by atoms with van der Waals surface area (Å²) in [6.07, 6.45) is 0. The molecule has 0 saturated heterocycles. The fourth-order valence-corrected chi connectivity index (χ4v) is 1.39. The van der Waals surface area contributed by atoms with Gasteiger partial charge in [-0.1, -0.05) is 31.5 Å². The molecule has 1 rings (SSSR count). The van der Waals surface area contributed by atoms with Crippen molar-refractivity contribution < 1.29 is 0 Å². The monoisotopic (exact) mass is 154 g/mol. The maximum Gasteiger partial charge on any atom is 0.113 e. The molecule has 0 fully saturated rings. The number of rotatable bonds is 1. The minimum absolute atomic E-state index is 0.507. The zero-order valence-corrected chi connectivity index (χ0v) is 7.89. The van der Waals surface area contributed by atoms with Crippen LogP contribution in [0.25, 0.3) is 0 Å². The van der Waals surface area contributed by atoms with Gasteiger partial charge in [0, 0.05) is 0 Å². The van der Waals surface area contributed by atoms with Crippen LogP contribution in [0.3, 0.4) is 0 Å². The van der Waals surface area contributed by atoms with Gasteiger partial charge < -0.3 is 0 Å². The molecule has 0 aliphatic rings. The van der Waals surface area contributed by atoms with E-state index in [1.54, 1.807) is 0 Å². The molecule has 2 heteroatoms. The molecule has 4 radical (unpaired) electrons. The van der Waals surface area contributed by atoms with Crippen LogP contribution >= 0.6 is 0 Å². The minimum Gasteiger partial charge on any atom is -0.103 e. The van der Waals surface area contributed by atoms with Crippen LogP contribution in [-0.2, 0) is 0 Å². The maximum absolute atomic E-state index is 5.80. The van der Waals surface area contributed by atoms with E-state index in [0.29, 0.717) is 11.4 Å². The standard InChI is InChI=1S/C10H12B2/c1-6(2)8-4-5-9(11)10(12)7(8)3/h4-6H,1-3H3. The fourth-order valence-electron chi connectivity index (χ4n) is 1.39. The maximum atomic E-state index is 5.80. The van der Waals surface area contributed by atoms with Crippen molar-refractivity contribution in [1.82, 2.24) is 0 Å². The zero-order valence-electron chi connectivity index (χ0n) is 7.89. The van der Waals surface area contributed by atoms with Gasteiger partial charge in [-0.3, -0.25) is 0 Å². The van der Waals surface area contributed by atoms with E-state index >= 15 is 0 Å². The van der Waals surface area contributed by atoms with Gasteiger partial charge in [-0.25, -0.2) is 0 Å². The van der Waals surface area contributed by atoms with E-state index < -0.39 is 0 Å². The number of benzene rings is 1. The van der Waals surface area contributed by atoms with Gasteiger partial charge in [-0.2, -0.15) is 0 Å². The second-order valence-corrected chi connectivity index (χ2v) is 3.44. The lowest BCUT2D eigenvalue weighted by atomic mass is 9.75. The van der Waals surface area contributed by atoms with Crippen LogP contribution in [0.1, 0.15) is 30.9 Å². The van der Waals surface area contributed by atoms with Crippen molar-refractivity contribution in [1.29, 1.82) is 0 Å².